The van der Waals surface area contributed by atoms with Gasteiger partial charge in [0, 0.05) is 5.56 Å². The van der Waals surface area contributed by atoms with Crippen LogP contribution in [0.4, 0.5) is 10.6 Å². The largest absolute Gasteiger partial charge is 0.444 e. The number of amides is 1. The van der Waals surface area contributed by atoms with Crippen LogP contribution in [-0.2, 0) is 23.4 Å². The van der Waals surface area contributed by atoms with E-state index >= 15 is 0 Å². The van der Waals surface area contributed by atoms with Crippen LogP contribution in [0.1, 0.15) is 52.8 Å². The van der Waals surface area contributed by atoms with Gasteiger partial charge in [-0.2, -0.15) is 5.10 Å². The van der Waals surface area contributed by atoms with Gasteiger partial charge in [-0.05, 0) is 41.5 Å². The standard InChI is InChI=1S/C14H24N4O2/c1-13(2,3)18-11(15)9-7-17(8-10(9)16-18)12(19)20-14(4,5)6/h7-8,15H2,1-6H3. The van der Waals surface area contributed by atoms with Crippen LogP contribution in [-0.4, -0.2) is 26.4 Å². The summed E-state index contributed by atoms with van der Waals surface area (Å²) in [6.45, 7) is 12.6. The first-order valence-corrected chi connectivity index (χ1v) is 6.84. The maximum Gasteiger partial charge on any atom is 0.410 e. The highest BCUT2D eigenvalue weighted by Gasteiger charge is 2.33. The molecule has 0 atom stereocenters. The van der Waals surface area contributed by atoms with Crippen LogP contribution >= 0.6 is 0 Å². The van der Waals surface area contributed by atoms with Crippen LogP contribution in [0, 0.1) is 0 Å². The lowest BCUT2D eigenvalue weighted by molar-refractivity contribution is 0.0239. The number of carbonyl (C=O) groups is 1. The van der Waals surface area contributed by atoms with Crippen molar-refractivity contribution < 1.29 is 9.53 Å². The predicted molar refractivity (Wildman–Crippen MR) is 77.1 cm³/mol. The lowest BCUT2D eigenvalue weighted by Crippen LogP contribution is -2.34. The van der Waals surface area contributed by atoms with Crippen LogP contribution in [0.3, 0.4) is 0 Å². The van der Waals surface area contributed by atoms with Crippen molar-refractivity contribution in [1.82, 2.24) is 14.7 Å². The number of nitrogen functional groups attached to an aromatic ring is 1. The van der Waals surface area contributed by atoms with Crippen LogP contribution in [0.2, 0.25) is 0 Å². The molecule has 0 saturated carbocycles. The second kappa shape index (κ2) is 4.40. The molecule has 1 aromatic rings. The Kier molecular flexibility index (Phi) is 3.23. The molecule has 0 spiro atoms. The molecule has 112 valence electrons. The van der Waals surface area contributed by atoms with Gasteiger partial charge in [-0.3, -0.25) is 4.90 Å². The molecule has 1 aliphatic heterocycles. The van der Waals surface area contributed by atoms with Crippen molar-refractivity contribution in [2.24, 2.45) is 0 Å². The van der Waals surface area contributed by atoms with E-state index in [0.717, 1.165) is 11.3 Å². The highest BCUT2D eigenvalue weighted by atomic mass is 16.6. The summed E-state index contributed by atoms with van der Waals surface area (Å²) < 4.78 is 7.19. The summed E-state index contributed by atoms with van der Waals surface area (Å²) in [4.78, 5) is 13.7. The molecule has 0 unspecified atom stereocenters. The number of hydrogen-bond donors (Lipinski definition) is 1. The third-order valence-electron chi connectivity index (χ3n) is 3.08. The molecule has 1 amide bonds. The molecule has 2 heterocycles. The molecule has 2 N–H and O–H groups in total. The number of ether oxygens (including phenoxy) is 1. The van der Waals surface area contributed by atoms with Crippen molar-refractivity contribution in [1.29, 1.82) is 0 Å². The summed E-state index contributed by atoms with van der Waals surface area (Å²) in [7, 11) is 0. The smallest absolute Gasteiger partial charge is 0.410 e. The van der Waals surface area contributed by atoms with Crippen LogP contribution in [0.15, 0.2) is 0 Å². The van der Waals surface area contributed by atoms with E-state index in [0.29, 0.717) is 18.9 Å². The van der Waals surface area contributed by atoms with E-state index in [1.807, 2.05) is 25.5 Å². The van der Waals surface area contributed by atoms with Crippen molar-refractivity contribution in [2.75, 3.05) is 5.73 Å². The Bertz CT molecular complexity index is 535. The van der Waals surface area contributed by atoms with Gasteiger partial charge >= 0.3 is 6.09 Å². The molecule has 1 aliphatic rings. The lowest BCUT2D eigenvalue weighted by Gasteiger charge is -2.25. The number of rotatable bonds is 0. The third kappa shape index (κ3) is 2.73. The monoisotopic (exact) mass is 280 g/mol. The molecule has 0 bridgehead atoms. The average molecular weight is 280 g/mol. The van der Waals surface area contributed by atoms with E-state index in [1.54, 1.807) is 4.90 Å². The summed E-state index contributed by atoms with van der Waals surface area (Å²) in [5, 5.41) is 4.53. The molecule has 0 radical (unpaired) electrons. The summed E-state index contributed by atoms with van der Waals surface area (Å²) in [6.07, 6.45) is -0.322. The Balaban J connectivity index is 2.16. The first-order valence-electron chi connectivity index (χ1n) is 6.84. The summed E-state index contributed by atoms with van der Waals surface area (Å²) in [5.74, 6) is 0.638. The van der Waals surface area contributed by atoms with E-state index in [2.05, 4.69) is 25.9 Å². The zero-order valence-corrected chi connectivity index (χ0v) is 13.1. The van der Waals surface area contributed by atoms with E-state index in [1.165, 1.54) is 0 Å². The zero-order valence-electron chi connectivity index (χ0n) is 13.1. The number of hydrogen-bond acceptors (Lipinski definition) is 4. The normalized spacial score (nSPS) is 15.4. The van der Waals surface area contributed by atoms with Gasteiger partial charge in [-0.25, -0.2) is 9.48 Å². The molecule has 1 aromatic heterocycles. The van der Waals surface area contributed by atoms with Crippen LogP contribution in [0.25, 0.3) is 0 Å². The fraction of sp³-hybridized carbons (Fsp3) is 0.714. The van der Waals surface area contributed by atoms with Gasteiger partial charge in [0.15, 0.2) is 0 Å². The molecule has 6 nitrogen and oxygen atoms in total. The van der Waals surface area contributed by atoms with Crippen molar-refractivity contribution in [3.63, 3.8) is 0 Å². The fourth-order valence-electron chi connectivity index (χ4n) is 2.20. The topological polar surface area (TPSA) is 73.4 Å². The van der Waals surface area contributed by atoms with Crippen LogP contribution in [0.5, 0.6) is 0 Å². The molecule has 20 heavy (non-hydrogen) atoms. The van der Waals surface area contributed by atoms with Crippen molar-refractivity contribution in [3.8, 4) is 0 Å². The number of aromatic nitrogens is 2. The molecular formula is C14H24N4O2. The zero-order chi connectivity index (χ0) is 15.3. The summed E-state index contributed by atoms with van der Waals surface area (Å²) in [5.41, 5.74) is 7.30. The van der Waals surface area contributed by atoms with Gasteiger partial charge in [0.25, 0.3) is 0 Å². The molecule has 0 saturated heterocycles. The van der Waals surface area contributed by atoms with E-state index in [4.69, 9.17) is 10.5 Å². The Morgan fingerprint density at radius 3 is 2.25 bits per heavy atom. The summed E-state index contributed by atoms with van der Waals surface area (Å²) >= 11 is 0. The SMILES string of the molecule is CC(C)(C)OC(=O)N1Cc2nn(C(C)(C)C)c(N)c2C1. The second-order valence-corrected chi connectivity index (χ2v) is 7.23. The van der Waals surface area contributed by atoms with Crippen molar-refractivity contribution >= 4 is 11.9 Å². The van der Waals surface area contributed by atoms with Gasteiger partial charge in [0.1, 0.15) is 11.4 Å². The van der Waals surface area contributed by atoms with Crippen molar-refractivity contribution in [2.45, 2.75) is 65.8 Å². The summed E-state index contributed by atoms with van der Waals surface area (Å²) in [6, 6.07) is 0. The minimum atomic E-state index is -0.492. The average Bonchev–Trinajstić information content (AvgIpc) is 2.75. The maximum atomic E-state index is 12.0. The predicted octanol–water partition coefficient (Wildman–Crippen LogP) is 2.47. The highest BCUT2D eigenvalue weighted by molar-refractivity contribution is 5.70. The second-order valence-electron chi connectivity index (χ2n) is 7.23. The quantitative estimate of drug-likeness (QED) is 0.792. The van der Waals surface area contributed by atoms with E-state index < -0.39 is 5.60 Å². The molecule has 0 aliphatic carbocycles. The molecule has 0 fully saturated rings. The molecule has 0 aromatic carbocycles. The first kappa shape index (κ1) is 14.7. The minimum Gasteiger partial charge on any atom is -0.444 e. The fourth-order valence-corrected chi connectivity index (χ4v) is 2.20. The highest BCUT2D eigenvalue weighted by Crippen LogP contribution is 2.31. The van der Waals surface area contributed by atoms with Gasteiger partial charge in [-0.15, -0.1) is 0 Å². The van der Waals surface area contributed by atoms with E-state index in [-0.39, 0.29) is 11.6 Å². The Morgan fingerprint density at radius 1 is 1.20 bits per heavy atom. The third-order valence-corrected chi connectivity index (χ3v) is 3.08. The molecule has 2 rings (SSSR count). The van der Waals surface area contributed by atoms with Gasteiger partial charge < -0.3 is 10.5 Å². The number of nitrogens with zero attached hydrogens (tertiary/aromatic N) is 3. The number of carbonyl (C=O) groups excluding carboxylic acids is 1. The minimum absolute atomic E-state index is 0.162. The maximum absolute atomic E-state index is 12.0. The van der Waals surface area contributed by atoms with Crippen molar-refractivity contribution in [3.05, 3.63) is 11.3 Å². The van der Waals surface area contributed by atoms with Gasteiger partial charge in [0.05, 0.1) is 24.3 Å². The Morgan fingerprint density at radius 2 is 1.80 bits per heavy atom. The Labute approximate surface area is 119 Å². The number of fused-ring (bicyclic) bond motifs is 1. The van der Waals surface area contributed by atoms with Gasteiger partial charge in [0.2, 0.25) is 0 Å². The number of anilines is 1. The van der Waals surface area contributed by atoms with E-state index in [9.17, 15) is 4.79 Å². The Hall–Kier alpha value is -1.72. The first-order chi connectivity index (χ1) is 8.99. The van der Waals surface area contributed by atoms with Gasteiger partial charge in [-0.1, -0.05) is 0 Å². The molecular weight excluding hydrogens is 256 g/mol. The lowest BCUT2D eigenvalue weighted by atomic mass is 10.1. The molecule has 6 heteroatoms. The number of nitrogens with two attached hydrogens (primary N) is 1. The van der Waals surface area contributed by atoms with Crippen LogP contribution < -0.4 is 5.73 Å².